The molecular weight excluding hydrogens is 286 g/mol. The van der Waals surface area contributed by atoms with Crippen LogP contribution < -0.4 is 10.1 Å². The van der Waals surface area contributed by atoms with Crippen molar-refractivity contribution in [1.82, 2.24) is 0 Å². The van der Waals surface area contributed by atoms with Gasteiger partial charge in [-0.05, 0) is 41.9 Å². The highest BCUT2D eigenvalue weighted by atomic mass is 79.9. The van der Waals surface area contributed by atoms with Gasteiger partial charge >= 0.3 is 0 Å². The van der Waals surface area contributed by atoms with Crippen LogP contribution in [-0.4, -0.2) is 17.8 Å². The minimum absolute atomic E-state index is 0.0555. The third kappa shape index (κ3) is 2.49. The zero-order valence-corrected chi connectivity index (χ0v) is 11.1. The summed E-state index contributed by atoms with van der Waals surface area (Å²) in [6.45, 7) is 3.32. The van der Waals surface area contributed by atoms with E-state index in [2.05, 4.69) is 21.2 Å². The summed E-state index contributed by atoms with van der Waals surface area (Å²) in [6, 6.07) is 3.34. The van der Waals surface area contributed by atoms with Gasteiger partial charge in [-0.1, -0.05) is 0 Å². The maximum atomic E-state index is 11.6. The third-order valence-corrected chi connectivity index (χ3v) is 3.11. The Kier molecular flexibility index (Phi) is 3.19. The molecule has 0 saturated carbocycles. The largest absolute Gasteiger partial charge is 0.487 e. The summed E-state index contributed by atoms with van der Waals surface area (Å²) in [5, 5.41) is 2.74. The highest BCUT2D eigenvalue weighted by Gasteiger charge is 2.22. The summed E-state index contributed by atoms with van der Waals surface area (Å²) in [5.74, 6) is 0.414. The fraction of sp³-hybridized carbons (Fsp3) is 0.333. The molecule has 4 nitrogen and oxygen atoms in total. The first-order valence-corrected chi connectivity index (χ1v) is 6.07. The highest BCUT2D eigenvalue weighted by molar-refractivity contribution is 9.10. The van der Waals surface area contributed by atoms with Crippen molar-refractivity contribution in [3.8, 4) is 5.75 Å². The van der Waals surface area contributed by atoms with E-state index in [-0.39, 0.29) is 17.8 Å². The quantitative estimate of drug-likeness (QED) is 0.811. The lowest BCUT2D eigenvalue weighted by Gasteiger charge is -2.13. The summed E-state index contributed by atoms with van der Waals surface area (Å²) in [7, 11) is 0. The first-order valence-electron chi connectivity index (χ1n) is 5.28. The Balaban J connectivity index is 2.53. The van der Waals surface area contributed by atoms with E-state index in [1.807, 2.05) is 6.92 Å². The number of rotatable bonds is 1. The minimum Gasteiger partial charge on any atom is -0.487 e. The third-order valence-electron chi connectivity index (χ3n) is 2.52. The van der Waals surface area contributed by atoms with Crippen LogP contribution in [0.3, 0.4) is 0 Å². The molecular formula is C12H12BrNO3. The molecule has 1 amide bonds. The second-order valence-electron chi connectivity index (χ2n) is 4.07. The molecule has 1 heterocycles. The Bertz CT molecular complexity index is 499. The minimum atomic E-state index is -0.185. The van der Waals surface area contributed by atoms with Crippen LogP contribution in [0.25, 0.3) is 0 Å². The van der Waals surface area contributed by atoms with Gasteiger partial charge in [0.05, 0.1) is 16.6 Å². The van der Waals surface area contributed by atoms with Crippen LogP contribution in [0.2, 0.25) is 0 Å². The SMILES string of the molecule is CC(=O)c1cc(Br)c2c(c1)NC(=O)CC(C)O2. The summed E-state index contributed by atoms with van der Waals surface area (Å²) in [5.41, 5.74) is 1.08. The Hall–Kier alpha value is -1.36. The van der Waals surface area contributed by atoms with E-state index >= 15 is 0 Å². The van der Waals surface area contributed by atoms with E-state index in [1.165, 1.54) is 6.92 Å². The maximum absolute atomic E-state index is 11.6. The molecule has 1 atom stereocenters. The van der Waals surface area contributed by atoms with Gasteiger partial charge in [-0.15, -0.1) is 0 Å². The van der Waals surface area contributed by atoms with E-state index < -0.39 is 0 Å². The van der Waals surface area contributed by atoms with Gasteiger partial charge in [-0.3, -0.25) is 9.59 Å². The lowest BCUT2D eigenvalue weighted by molar-refractivity contribution is -0.117. The van der Waals surface area contributed by atoms with Crippen molar-refractivity contribution < 1.29 is 14.3 Å². The Morgan fingerprint density at radius 3 is 2.88 bits per heavy atom. The lowest BCUT2D eigenvalue weighted by atomic mass is 10.1. The van der Waals surface area contributed by atoms with Crippen molar-refractivity contribution in [1.29, 1.82) is 0 Å². The van der Waals surface area contributed by atoms with Gasteiger partial charge < -0.3 is 10.1 Å². The van der Waals surface area contributed by atoms with Crippen LogP contribution in [0.5, 0.6) is 5.75 Å². The van der Waals surface area contributed by atoms with E-state index in [9.17, 15) is 9.59 Å². The number of hydrogen-bond donors (Lipinski definition) is 1. The van der Waals surface area contributed by atoms with Crippen molar-refractivity contribution in [2.24, 2.45) is 0 Å². The van der Waals surface area contributed by atoms with Gasteiger partial charge in [-0.25, -0.2) is 0 Å². The number of carbonyl (C=O) groups excluding carboxylic acids is 2. The summed E-state index contributed by atoms with van der Waals surface area (Å²) < 4.78 is 6.33. The number of fused-ring (bicyclic) bond motifs is 1. The van der Waals surface area contributed by atoms with Crippen molar-refractivity contribution >= 4 is 33.3 Å². The first-order chi connectivity index (χ1) is 7.97. The van der Waals surface area contributed by atoms with E-state index in [0.717, 1.165) is 0 Å². The average Bonchev–Trinajstić information content (AvgIpc) is 2.35. The number of ether oxygens (including phenoxy) is 1. The number of amides is 1. The molecule has 0 fully saturated rings. The molecule has 2 rings (SSSR count). The summed E-state index contributed by atoms with van der Waals surface area (Å²) in [4.78, 5) is 22.9. The fourth-order valence-electron chi connectivity index (χ4n) is 1.71. The molecule has 1 aromatic carbocycles. The number of nitrogens with one attached hydrogen (secondary N) is 1. The molecule has 0 spiro atoms. The topological polar surface area (TPSA) is 55.4 Å². The van der Waals surface area contributed by atoms with Crippen LogP contribution in [0.1, 0.15) is 30.6 Å². The zero-order valence-electron chi connectivity index (χ0n) is 9.54. The van der Waals surface area contributed by atoms with Gasteiger partial charge in [0.25, 0.3) is 0 Å². The Morgan fingerprint density at radius 2 is 2.24 bits per heavy atom. The van der Waals surface area contributed by atoms with E-state index in [4.69, 9.17) is 4.74 Å². The van der Waals surface area contributed by atoms with Crippen LogP contribution in [0.15, 0.2) is 16.6 Å². The molecule has 1 aliphatic heterocycles. The number of carbonyl (C=O) groups is 2. The summed E-state index contributed by atoms with van der Waals surface area (Å²) in [6.07, 6.45) is 0.118. The highest BCUT2D eigenvalue weighted by Crippen LogP contribution is 2.37. The smallest absolute Gasteiger partial charge is 0.228 e. The molecule has 1 aliphatic rings. The zero-order chi connectivity index (χ0) is 12.6. The molecule has 0 saturated heterocycles. The number of hydrogen-bond acceptors (Lipinski definition) is 3. The number of ketones is 1. The first kappa shape index (κ1) is 12.1. The Labute approximate surface area is 107 Å². The van der Waals surface area contributed by atoms with Crippen molar-refractivity contribution in [3.63, 3.8) is 0 Å². The fourth-order valence-corrected chi connectivity index (χ4v) is 2.27. The number of halogens is 1. The Morgan fingerprint density at radius 1 is 1.53 bits per heavy atom. The van der Waals surface area contributed by atoms with Gasteiger partial charge in [0, 0.05) is 5.56 Å². The van der Waals surface area contributed by atoms with Crippen LogP contribution in [0, 0.1) is 0 Å². The van der Waals surface area contributed by atoms with E-state index in [1.54, 1.807) is 12.1 Å². The van der Waals surface area contributed by atoms with Crippen molar-refractivity contribution in [3.05, 3.63) is 22.2 Å². The van der Waals surface area contributed by atoms with Gasteiger partial charge in [-0.2, -0.15) is 0 Å². The van der Waals surface area contributed by atoms with Gasteiger partial charge in [0.15, 0.2) is 11.5 Å². The van der Waals surface area contributed by atoms with Crippen molar-refractivity contribution in [2.45, 2.75) is 26.4 Å². The van der Waals surface area contributed by atoms with Gasteiger partial charge in [0.1, 0.15) is 6.10 Å². The molecule has 1 N–H and O–H groups in total. The van der Waals surface area contributed by atoms with Crippen molar-refractivity contribution in [2.75, 3.05) is 5.32 Å². The second-order valence-corrected chi connectivity index (χ2v) is 4.93. The predicted molar refractivity (Wildman–Crippen MR) is 67.5 cm³/mol. The van der Waals surface area contributed by atoms with Crippen LogP contribution >= 0.6 is 15.9 Å². The van der Waals surface area contributed by atoms with Gasteiger partial charge in [0.2, 0.25) is 5.91 Å². The standard InChI is InChI=1S/C12H12BrNO3/c1-6-3-11(16)14-10-5-8(7(2)15)4-9(13)12(10)17-6/h4-6H,3H2,1-2H3,(H,14,16). The average molecular weight is 298 g/mol. The second kappa shape index (κ2) is 4.49. The molecule has 5 heteroatoms. The molecule has 0 bridgehead atoms. The number of Topliss-reactive ketones (excluding diaryl/α,β-unsaturated/α-hetero) is 1. The predicted octanol–water partition coefficient (Wildman–Crippen LogP) is 2.76. The molecule has 1 unspecified atom stereocenters. The maximum Gasteiger partial charge on any atom is 0.228 e. The van der Waals surface area contributed by atoms with Crippen LogP contribution in [0.4, 0.5) is 5.69 Å². The monoisotopic (exact) mass is 297 g/mol. The molecule has 0 aromatic heterocycles. The number of anilines is 1. The molecule has 17 heavy (non-hydrogen) atoms. The van der Waals surface area contributed by atoms with Crippen LogP contribution in [-0.2, 0) is 4.79 Å². The molecule has 1 aromatic rings. The lowest BCUT2D eigenvalue weighted by Crippen LogP contribution is -2.17. The molecule has 0 radical (unpaired) electrons. The van der Waals surface area contributed by atoms with E-state index in [0.29, 0.717) is 27.9 Å². The molecule has 90 valence electrons. The normalized spacial score (nSPS) is 18.8. The molecule has 0 aliphatic carbocycles. The number of benzene rings is 1. The summed E-state index contributed by atoms with van der Waals surface area (Å²) >= 11 is 3.35.